The van der Waals surface area contributed by atoms with Crippen molar-refractivity contribution in [1.82, 2.24) is 0 Å². The predicted octanol–water partition coefficient (Wildman–Crippen LogP) is 16.6. The molecule has 69 heavy (non-hydrogen) atoms. The summed E-state index contributed by atoms with van der Waals surface area (Å²) in [5.74, 6) is -0.818. The minimum atomic E-state index is -4.39. The lowest BCUT2D eigenvalue weighted by molar-refractivity contribution is -0.870. The van der Waals surface area contributed by atoms with Gasteiger partial charge in [-0.2, -0.15) is 0 Å². The molecule has 0 aliphatic carbocycles. The van der Waals surface area contributed by atoms with Crippen LogP contribution in [-0.2, 0) is 32.7 Å². The summed E-state index contributed by atoms with van der Waals surface area (Å²) in [5, 5.41) is 0. The van der Waals surface area contributed by atoms with Crippen LogP contribution in [-0.4, -0.2) is 74.9 Å². The van der Waals surface area contributed by atoms with E-state index in [1.54, 1.807) is 0 Å². The molecule has 0 aromatic carbocycles. The standard InChI is InChI=1S/C59H100NO8P/c1-6-8-10-12-14-16-18-19-20-21-22-23-24-25-26-27-28-29-30-31-32-33-34-35-36-37-38-39-40-41-42-44-46-48-50-52-59(62)68-57(56-67-69(63,64)66-54-53-60(3,4)5)55-65-58(61)51-49-47-45-43-17-15-13-11-9-7-2/h8,10,14,16,19-20,22-23,25-26,28-29,31-32,34-35,37-38,57H,6-7,9,11-13,15,17-18,21,24,27,30,33,36,39-56H2,1-5H3/p+1/b10-8-,16-14-,20-19-,23-22-,26-25-,29-28-,32-31-,35-34-,38-37-. The largest absolute Gasteiger partial charge is 0.472 e. The average Bonchev–Trinajstić information content (AvgIpc) is 3.31. The van der Waals surface area contributed by atoms with Crippen LogP contribution in [0.4, 0.5) is 0 Å². The third-order valence-electron chi connectivity index (χ3n) is 11.1. The first-order chi connectivity index (χ1) is 33.5. The lowest BCUT2D eigenvalue weighted by Gasteiger charge is -2.24. The summed E-state index contributed by atoms with van der Waals surface area (Å²) >= 11 is 0. The fourth-order valence-electron chi connectivity index (χ4n) is 6.89. The number of allylic oxidation sites excluding steroid dienone is 18. The highest BCUT2D eigenvalue weighted by Crippen LogP contribution is 2.43. The van der Waals surface area contributed by atoms with E-state index in [-0.39, 0.29) is 32.0 Å². The van der Waals surface area contributed by atoms with Crippen molar-refractivity contribution in [2.24, 2.45) is 0 Å². The number of ether oxygens (including phenoxy) is 2. The first-order valence-electron chi connectivity index (χ1n) is 27.1. The molecule has 0 spiro atoms. The molecular weight excluding hydrogens is 882 g/mol. The zero-order valence-electron chi connectivity index (χ0n) is 44.5. The lowest BCUT2D eigenvalue weighted by atomic mass is 10.1. The van der Waals surface area contributed by atoms with Gasteiger partial charge in [0.25, 0.3) is 0 Å². The van der Waals surface area contributed by atoms with Crippen molar-refractivity contribution >= 4 is 19.8 Å². The Morgan fingerprint density at radius 3 is 1.23 bits per heavy atom. The van der Waals surface area contributed by atoms with Crippen molar-refractivity contribution in [2.45, 2.75) is 206 Å². The van der Waals surface area contributed by atoms with Crippen molar-refractivity contribution < 1.29 is 42.1 Å². The van der Waals surface area contributed by atoms with Gasteiger partial charge >= 0.3 is 19.8 Å². The second kappa shape index (κ2) is 49.6. The Morgan fingerprint density at radius 2 is 0.826 bits per heavy atom. The normalized spacial score (nSPS) is 14.2. The Balaban J connectivity index is 4.14. The molecule has 0 saturated heterocycles. The molecule has 0 aliphatic rings. The van der Waals surface area contributed by atoms with Crippen LogP contribution in [0.1, 0.15) is 200 Å². The van der Waals surface area contributed by atoms with Crippen LogP contribution < -0.4 is 0 Å². The third kappa shape index (κ3) is 53.9. The summed E-state index contributed by atoms with van der Waals surface area (Å²) in [4.78, 5) is 35.4. The van der Waals surface area contributed by atoms with E-state index in [2.05, 4.69) is 123 Å². The molecule has 10 heteroatoms. The van der Waals surface area contributed by atoms with E-state index in [0.29, 0.717) is 17.4 Å². The number of carbonyl (C=O) groups excluding carboxylic acids is 2. The van der Waals surface area contributed by atoms with Gasteiger partial charge in [-0.3, -0.25) is 18.6 Å². The van der Waals surface area contributed by atoms with Gasteiger partial charge in [0.15, 0.2) is 6.10 Å². The smallest absolute Gasteiger partial charge is 0.462 e. The summed E-state index contributed by atoms with van der Waals surface area (Å²) < 4.78 is 34.4. The highest BCUT2D eigenvalue weighted by atomic mass is 31.2. The second-order valence-electron chi connectivity index (χ2n) is 18.9. The Bertz CT molecular complexity index is 1530. The van der Waals surface area contributed by atoms with Crippen LogP contribution >= 0.6 is 7.82 Å². The molecule has 0 aliphatic heterocycles. The fraction of sp³-hybridized carbons (Fsp3) is 0.661. The van der Waals surface area contributed by atoms with E-state index in [1.165, 1.54) is 64.2 Å². The Hall–Kier alpha value is -3.33. The summed E-state index contributed by atoms with van der Waals surface area (Å²) in [7, 11) is 1.46. The number of likely N-dealkylation sites (N-methyl/N-ethyl adjacent to an activating group) is 1. The van der Waals surface area contributed by atoms with Crippen molar-refractivity contribution in [3.05, 3.63) is 109 Å². The molecule has 0 radical (unpaired) electrons. The number of phosphoric ester groups is 1. The van der Waals surface area contributed by atoms with Crippen molar-refractivity contribution in [3.63, 3.8) is 0 Å². The number of carbonyl (C=O) groups is 2. The predicted molar refractivity (Wildman–Crippen MR) is 293 cm³/mol. The highest BCUT2D eigenvalue weighted by Gasteiger charge is 2.27. The van der Waals surface area contributed by atoms with Gasteiger partial charge in [-0.25, -0.2) is 4.57 Å². The van der Waals surface area contributed by atoms with Crippen LogP contribution in [0, 0.1) is 0 Å². The van der Waals surface area contributed by atoms with Crippen molar-refractivity contribution in [3.8, 4) is 0 Å². The number of esters is 2. The minimum absolute atomic E-state index is 0.0250. The number of quaternary nitrogens is 1. The van der Waals surface area contributed by atoms with Gasteiger partial charge in [-0.1, -0.05) is 213 Å². The summed E-state index contributed by atoms with van der Waals surface area (Å²) in [6.45, 7) is 4.27. The number of hydrogen-bond acceptors (Lipinski definition) is 7. The molecule has 0 bridgehead atoms. The molecule has 0 heterocycles. The second-order valence-corrected chi connectivity index (χ2v) is 20.3. The first-order valence-corrected chi connectivity index (χ1v) is 28.6. The zero-order valence-corrected chi connectivity index (χ0v) is 45.4. The maximum Gasteiger partial charge on any atom is 0.472 e. The third-order valence-corrected chi connectivity index (χ3v) is 12.1. The topological polar surface area (TPSA) is 108 Å². The van der Waals surface area contributed by atoms with Crippen LogP contribution in [0.15, 0.2) is 109 Å². The summed E-state index contributed by atoms with van der Waals surface area (Å²) in [6.07, 6.45) is 68.8. The van der Waals surface area contributed by atoms with Crippen molar-refractivity contribution in [2.75, 3.05) is 47.5 Å². The maximum absolute atomic E-state index is 12.7. The molecule has 0 rings (SSSR count). The molecule has 0 aromatic rings. The van der Waals surface area contributed by atoms with Gasteiger partial charge in [0.05, 0.1) is 27.7 Å². The fourth-order valence-corrected chi connectivity index (χ4v) is 7.63. The monoisotopic (exact) mass is 983 g/mol. The van der Waals surface area contributed by atoms with Crippen LogP contribution in [0.2, 0.25) is 0 Å². The SMILES string of the molecule is CC/C=C\C/C=C\C/C=C\C/C=C\C/C=C\C/C=C\C/C=C\C/C=C\C/C=C\CCCCCCCCCC(=O)OC(COC(=O)CCCCCCCCCCCC)COP(=O)(O)OCC[N+](C)(C)C. The Morgan fingerprint density at radius 1 is 0.464 bits per heavy atom. The van der Waals surface area contributed by atoms with E-state index in [9.17, 15) is 19.0 Å². The molecule has 9 nitrogen and oxygen atoms in total. The van der Waals surface area contributed by atoms with Gasteiger partial charge in [0.1, 0.15) is 19.8 Å². The molecule has 0 saturated carbocycles. The van der Waals surface area contributed by atoms with E-state index in [4.69, 9.17) is 18.5 Å². The Labute approximate surface area is 423 Å². The first kappa shape index (κ1) is 65.7. The average molecular weight is 983 g/mol. The Kier molecular flexibility index (Phi) is 47.2. The van der Waals surface area contributed by atoms with Gasteiger partial charge in [0.2, 0.25) is 0 Å². The zero-order chi connectivity index (χ0) is 50.6. The molecule has 2 atom stereocenters. The number of unbranched alkanes of at least 4 members (excludes halogenated alkanes) is 16. The lowest BCUT2D eigenvalue weighted by Crippen LogP contribution is -2.37. The van der Waals surface area contributed by atoms with Crippen LogP contribution in [0.5, 0.6) is 0 Å². The van der Waals surface area contributed by atoms with Gasteiger partial charge in [-0.15, -0.1) is 0 Å². The van der Waals surface area contributed by atoms with Gasteiger partial charge in [0, 0.05) is 12.8 Å². The molecule has 0 aromatic heterocycles. The molecule has 2 unspecified atom stereocenters. The van der Waals surface area contributed by atoms with E-state index in [1.807, 2.05) is 21.1 Å². The van der Waals surface area contributed by atoms with Crippen LogP contribution in [0.25, 0.3) is 0 Å². The van der Waals surface area contributed by atoms with Gasteiger partial charge < -0.3 is 18.9 Å². The molecule has 394 valence electrons. The van der Waals surface area contributed by atoms with E-state index >= 15 is 0 Å². The maximum atomic E-state index is 12.7. The highest BCUT2D eigenvalue weighted by molar-refractivity contribution is 7.47. The van der Waals surface area contributed by atoms with Crippen LogP contribution in [0.3, 0.4) is 0 Å². The molecular formula is C59H101NO8P+. The molecule has 1 N–H and O–H groups in total. The summed E-state index contributed by atoms with van der Waals surface area (Å²) in [5.41, 5.74) is 0. The van der Waals surface area contributed by atoms with Crippen molar-refractivity contribution in [1.29, 1.82) is 0 Å². The van der Waals surface area contributed by atoms with E-state index < -0.39 is 26.5 Å². The molecule has 0 fully saturated rings. The van der Waals surface area contributed by atoms with E-state index in [0.717, 1.165) is 103 Å². The molecule has 0 amide bonds. The minimum Gasteiger partial charge on any atom is -0.462 e. The quantitative estimate of drug-likeness (QED) is 0.0211. The number of rotatable bonds is 48. The van der Waals surface area contributed by atoms with Gasteiger partial charge in [-0.05, 0) is 83.5 Å². The number of nitrogens with zero attached hydrogens (tertiary/aromatic N) is 1. The summed E-state index contributed by atoms with van der Waals surface area (Å²) in [6, 6.07) is 0. The number of phosphoric acid groups is 1. The number of hydrogen-bond donors (Lipinski definition) is 1.